The topological polar surface area (TPSA) is 55.8 Å². The summed E-state index contributed by atoms with van der Waals surface area (Å²) >= 11 is 0. The molecule has 0 radical (unpaired) electrons. The molecule has 1 N–H and O–H groups in total. The Labute approximate surface area is 108 Å². The van der Waals surface area contributed by atoms with Gasteiger partial charge in [0.15, 0.2) is 0 Å². The number of aromatic carboxylic acids is 1. The van der Waals surface area contributed by atoms with Crippen LogP contribution in [0.25, 0.3) is 0 Å². The van der Waals surface area contributed by atoms with Crippen LogP contribution in [0, 0.1) is 6.92 Å². The van der Waals surface area contributed by atoms with Crippen LogP contribution >= 0.6 is 0 Å². The largest absolute Gasteiger partial charge is 0.490 e. The summed E-state index contributed by atoms with van der Waals surface area (Å²) in [4.78, 5) is 11.0. The van der Waals surface area contributed by atoms with Gasteiger partial charge in [0.2, 0.25) is 0 Å². The Morgan fingerprint density at radius 2 is 2.06 bits per heavy atom. The molecule has 0 aliphatic rings. The first kappa shape index (κ1) is 14.5. The highest BCUT2D eigenvalue weighted by molar-refractivity contribution is 5.90. The highest BCUT2D eigenvalue weighted by Crippen LogP contribution is 2.20. The Kier molecular flexibility index (Phi) is 6.22. The van der Waals surface area contributed by atoms with Gasteiger partial charge in [-0.2, -0.15) is 0 Å². The molecule has 0 saturated carbocycles. The van der Waals surface area contributed by atoms with Gasteiger partial charge in [-0.1, -0.05) is 19.4 Å². The lowest BCUT2D eigenvalue weighted by Gasteiger charge is -2.10. The number of carboxylic acids is 1. The van der Waals surface area contributed by atoms with Crippen molar-refractivity contribution in [1.82, 2.24) is 0 Å². The quantitative estimate of drug-likeness (QED) is 0.723. The lowest BCUT2D eigenvalue weighted by molar-refractivity contribution is 0.0685. The molecule has 0 aliphatic carbocycles. The third kappa shape index (κ3) is 4.75. The molecule has 1 rings (SSSR count). The summed E-state index contributed by atoms with van der Waals surface area (Å²) in [6, 6.07) is 5.05. The minimum atomic E-state index is -0.975. The first-order valence-electron chi connectivity index (χ1n) is 6.19. The second-order valence-electron chi connectivity index (χ2n) is 4.12. The number of hydrogen-bond donors (Lipinski definition) is 1. The van der Waals surface area contributed by atoms with Crippen LogP contribution in [-0.2, 0) is 4.74 Å². The van der Waals surface area contributed by atoms with E-state index >= 15 is 0 Å². The van der Waals surface area contributed by atoms with Crippen LogP contribution in [0.15, 0.2) is 18.2 Å². The number of carboxylic acid groups (broad SMARTS) is 1. The maximum absolute atomic E-state index is 11.0. The summed E-state index contributed by atoms with van der Waals surface area (Å²) in [5.41, 5.74) is 1.16. The number of ether oxygens (including phenoxy) is 2. The Bertz CT molecular complexity index is 387. The number of benzene rings is 1. The van der Waals surface area contributed by atoms with Crippen molar-refractivity contribution >= 4 is 5.97 Å². The summed E-state index contributed by atoms with van der Waals surface area (Å²) < 4.78 is 10.8. The van der Waals surface area contributed by atoms with Crippen LogP contribution in [-0.4, -0.2) is 30.9 Å². The number of rotatable bonds is 8. The van der Waals surface area contributed by atoms with Crippen LogP contribution in [0.2, 0.25) is 0 Å². The lowest BCUT2D eigenvalue weighted by atomic mass is 10.1. The molecule has 0 heterocycles. The smallest absolute Gasteiger partial charge is 0.339 e. The van der Waals surface area contributed by atoms with Gasteiger partial charge in [-0.3, -0.25) is 0 Å². The predicted octanol–water partition coefficient (Wildman–Crippen LogP) is 2.89. The second kappa shape index (κ2) is 7.71. The summed E-state index contributed by atoms with van der Waals surface area (Å²) in [5.74, 6) is -0.571. The first-order valence-corrected chi connectivity index (χ1v) is 6.19. The van der Waals surface area contributed by atoms with Crippen molar-refractivity contribution in [3.63, 3.8) is 0 Å². The molecule has 1 aromatic carbocycles. The fourth-order valence-electron chi connectivity index (χ4n) is 1.48. The van der Waals surface area contributed by atoms with Crippen molar-refractivity contribution in [1.29, 1.82) is 0 Å². The third-order valence-corrected chi connectivity index (χ3v) is 2.49. The van der Waals surface area contributed by atoms with E-state index in [2.05, 4.69) is 6.92 Å². The first-order chi connectivity index (χ1) is 8.65. The van der Waals surface area contributed by atoms with Gasteiger partial charge in [-0.05, 0) is 31.0 Å². The van der Waals surface area contributed by atoms with Gasteiger partial charge in [0.05, 0.1) is 6.61 Å². The van der Waals surface area contributed by atoms with Crippen molar-refractivity contribution in [3.05, 3.63) is 29.3 Å². The molecular weight excluding hydrogens is 232 g/mol. The van der Waals surface area contributed by atoms with E-state index < -0.39 is 5.97 Å². The predicted molar refractivity (Wildman–Crippen MR) is 69.4 cm³/mol. The molecule has 0 amide bonds. The standard InChI is InChI=1S/C14H20O4/c1-3-4-7-17-8-9-18-13-10-11(2)5-6-12(13)14(15)16/h5-6,10H,3-4,7-9H2,1-2H3,(H,15,16). The van der Waals surface area contributed by atoms with Crippen LogP contribution in [0.4, 0.5) is 0 Å². The molecule has 0 spiro atoms. The van der Waals surface area contributed by atoms with Crippen molar-refractivity contribution in [2.24, 2.45) is 0 Å². The SMILES string of the molecule is CCCCOCCOc1cc(C)ccc1C(=O)O. The van der Waals surface area contributed by atoms with E-state index in [1.165, 1.54) is 0 Å². The number of carbonyl (C=O) groups is 1. The summed E-state index contributed by atoms with van der Waals surface area (Å²) in [6.45, 7) is 5.57. The molecule has 0 atom stereocenters. The highest BCUT2D eigenvalue weighted by atomic mass is 16.5. The normalized spacial score (nSPS) is 10.3. The van der Waals surface area contributed by atoms with E-state index in [4.69, 9.17) is 14.6 Å². The Morgan fingerprint density at radius 3 is 2.72 bits per heavy atom. The minimum absolute atomic E-state index is 0.189. The van der Waals surface area contributed by atoms with Crippen molar-refractivity contribution in [2.45, 2.75) is 26.7 Å². The molecule has 0 fully saturated rings. The van der Waals surface area contributed by atoms with Crippen LogP contribution < -0.4 is 4.74 Å². The highest BCUT2D eigenvalue weighted by Gasteiger charge is 2.10. The molecule has 1 aromatic rings. The Morgan fingerprint density at radius 1 is 1.28 bits per heavy atom. The maximum atomic E-state index is 11.0. The van der Waals surface area contributed by atoms with E-state index in [0.717, 1.165) is 25.0 Å². The van der Waals surface area contributed by atoms with E-state index in [1.807, 2.05) is 6.92 Å². The molecule has 0 bridgehead atoms. The van der Waals surface area contributed by atoms with Crippen molar-refractivity contribution in [2.75, 3.05) is 19.8 Å². The zero-order valence-corrected chi connectivity index (χ0v) is 10.9. The molecule has 100 valence electrons. The molecule has 18 heavy (non-hydrogen) atoms. The number of unbranched alkanes of at least 4 members (excludes halogenated alkanes) is 1. The van der Waals surface area contributed by atoms with Gasteiger partial charge in [0.1, 0.15) is 17.9 Å². The average Bonchev–Trinajstić information content (AvgIpc) is 2.33. The van der Waals surface area contributed by atoms with Gasteiger partial charge >= 0.3 is 5.97 Å². The van der Waals surface area contributed by atoms with Gasteiger partial charge in [0.25, 0.3) is 0 Å². The van der Waals surface area contributed by atoms with E-state index in [0.29, 0.717) is 19.0 Å². The summed E-state index contributed by atoms with van der Waals surface area (Å²) in [6.07, 6.45) is 2.13. The van der Waals surface area contributed by atoms with Crippen LogP contribution in [0.5, 0.6) is 5.75 Å². The maximum Gasteiger partial charge on any atom is 0.339 e. The molecule has 4 heteroatoms. The zero-order chi connectivity index (χ0) is 13.4. The Balaban J connectivity index is 2.45. The van der Waals surface area contributed by atoms with Crippen LogP contribution in [0.3, 0.4) is 0 Å². The van der Waals surface area contributed by atoms with E-state index in [1.54, 1.807) is 18.2 Å². The fraction of sp³-hybridized carbons (Fsp3) is 0.500. The monoisotopic (exact) mass is 252 g/mol. The summed E-state index contributed by atoms with van der Waals surface area (Å²) in [5, 5.41) is 9.02. The summed E-state index contributed by atoms with van der Waals surface area (Å²) in [7, 11) is 0. The number of hydrogen-bond acceptors (Lipinski definition) is 3. The molecule has 4 nitrogen and oxygen atoms in total. The molecule has 0 aliphatic heterocycles. The van der Waals surface area contributed by atoms with Gasteiger partial charge < -0.3 is 14.6 Å². The van der Waals surface area contributed by atoms with Crippen molar-refractivity contribution < 1.29 is 19.4 Å². The van der Waals surface area contributed by atoms with Crippen LogP contribution in [0.1, 0.15) is 35.7 Å². The van der Waals surface area contributed by atoms with Gasteiger partial charge in [-0.25, -0.2) is 4.79 Å². The van der Waals surface area contributed by atoms with Crippen molar-refractivity contribution in [3.8, 4) is 5.75 Å². The fourth-order valence-corrected chi connectivity index (χ4v) is 1.48. The molecule has 0 saturated heterocycles. The third-order valence-electron chi connectivity index (χ3n) is 2.49. The molecular formula is C14H20O4. The second-order valence-corrected chi connectivity index (χ2v) is 4.12. The number of aryl methyl sites for hydroxylation is 1. The molecule has 0 unspecified atom stereocenters. The lowest BCUT2D eigenvalue weighted by Crippen LogP contribution is -2.10. The van der Waals surface area contributed by atoms with E-state index in [-0.39, 0.29) is 5.56 Å². The molecule has 0 aromatic heterocycles. The zero-order valence-electron chi connectivity index (χ0n) is 10.9. The Hall–Kier alpha value is -1.55. The minimum Gasteiger partial charge on any atom is -0.490 e. The van der Waals surface area contributed by atoms with E-state index in [9.17, 15) is 4.79 Å². The van der Waals surface area contributed by atoms with Gasteiger partial charge in [0, 0.05) is 6.61 Å². The van der Waals surface area contributed by atoms with Gasteiger partial charge in [-0.15, -0.1) is 0 Å². The average molecular weight is 252 g/mol.